The van der Waals surface area contributed by atoms with Crippen molar-refractivity contribution in [2.24, 2.45) is 0 Å². The smallest absolute Gasteiger partial charge is 0.253 e. The van der Waals surface area contributed by atoms with Crippen molar-refractivity contribution >= 4 is 5.91 Å². The van der Waals surface area contributed by atoms with Crippen LogP contribution in [0.15, 0.2) is 36.4 Å². The summed E-state index contributed by atoms with van der Waals surface area (Å²) in [5.41, 5.74) is 4.20. The Labute approximate surface area is 133 Å². The standard InChI is InChI=1S/C19H26N2O/c1-13(2)21-15(4)11-18(16(21)5)19(22)20-12-14(3)17-9-7-6-8-10-17/h6-11,13-14H,12H2,1-5H3,(H,20,22). The number of rotatable bonds is 5. The van der Waals surface area contributed by atoms with E-state index in [2.05, 4.69) is 49.7 Å². The largest absolute Gasteiger partial charge is 0.351 e. The first-order valence-electron chi connectivity index (χ1n) is 7.93. The first-order chi connectivity index (χ1) is 10.4. The summed E-state index contributed by atoms with van der Waals surface area (Å²) in [6.45, 7) is 11.1. The number of amides is 1. The highest BCUT2D eigenvalue weighted by molar-refractivity contribution is 5.95. The molecule has 1 atom stereocenters. The van der Waals surface area contributed by atoms with E-state index in [0.29, 0.717) is 18.5 Å². The van der Waals surface area contributed by atoms with Gasteiger partial charge in [0.15, 0.2) is 0 Å². The van der Waals surface area contributed by atoms with Gasteiger partial charge >= 0.3 is 0 Å². The van der Waals surface area contributed by atoms with Gasteiger partial charge in [-0.2, -0.15) is 0 Å². The Balaban J connectivity index is 2.06. The Kier molecular flexibility index (Phi) is 5.07. The third-order valence-corrected chi connectivity index (χ3v) is 4.18. The maximum absolute atomic E-state index is 12.5. The number of nitrogens with one attached hydrogen (secondary N) is 1. The Morgan fingerprint density at radius 3 is 2.32 bits per heavy atom. The number of carbonyl (C=O) groups is 1. The summed E-state index contributed by atoms with van der Waals surface area (Å²) in [7, 11) is 0. The van der Waals surface area contributed by atoms with Crippen LogP contribution in [0.25, 0.3) is 0 Å². The van der Waals surface area contributed by atoms with Gasteiger partial charge in [0.1, 0.15) is 0 Å². The zero-order chi connectivity index (χ0) is 16.3. The quantitative estimate of drug-likeness (QED) is 0.881. The van der Waals surface area contributed by atoms with E-state index >= 15 is 0 Å². The highest BCUT2D eigenvalue weighted by atomic mass is 16.1. The normalized spacial score (nSPS) is 12.5. The molecule has 2 aromatic rings. The van der Waals surface area contributed by atoms with E-state index in [9.17, 15) is 4.79 Å². The first kappa shape index (κ1) is 16.3. The lowest BCUT2D eigenvalue weighted by Gasteiger charge is -2.15. The van der Waals surface area contributed by atoms with E-state index in [1.807, 2.05) is 31.2 Å². The van der Waals surface area contributed by atoms with E-state index in [1.54, 1.807) is 0 Å². The van der Waals surface area contributed by atoms with E-state index in [4.69, 9.17) is 0 Å². The topological polar surface area (TPSA) is 34.0 Å². The SMILES string of the molecule is Cc1cc(C(=O)NCC(C)c2ccccc2)c(C)n1C(C)C. The molecule has 3 heteroatoms. The Morgan fingerprint density at radius 1 is 1.14 bits per heavy atom. The van der Waals surface area contributed by atoms with Gasteiger partial charge in [-0.05, 0) is 45.2 Å². The minimum absolute atomic E-state index is 0.0165. The predicted octanol–water partition coefficient (Wildman–Crippen LogP) is 4.22. The average molecular weight is 298 g/mol. The summed E-state index contributed by atoms with van der Waals surface area (Å²) in [5.74, 6) is 0.321. The fraction of sp³-hybridized carbons (Fsp3) is 0.421. The lowest BCUT2D eigenvalue weighted by atomic mass is 10.0. The second kappa shape index (κ2) is 6.82. The number of nitrogens with zero attached hydrogens (tertiary/aromatic N) is 1. The molecule has 1 aromatic heterocycles. The van der Waals surface area contributed by atoms with Gasteiger partial charge in [-0.1, -0.05) is 37.3 Å². The monoisotopic (exact) mass is 298 g/mol. The second-order valence-electron chi connectivity index (χ2n) is 6.27. The molecular weight excluding hydrogens is 272 g/mol. The molecular formula is C19H26N2O. The zero-order valence-corrected chi connectivity index (χ0v) is 14.2. The number of benzene rings is 1. The minimum Gasteiger partial charge on any atom is -0.351 e. The molecule has 0 fully saturated rings. The van der Waals surface area contributed by atoms with Crippen LogP contribution in [0.1, 0.15) is 60.0 Å². The van der Waals surface area contributed by atoms with Crippen molar-refractivity contribution < 1.29 is 4.79 Å². The molecule has 0 spiro atoms. The van der Waals surface area contributed by atoms with Crippen molar-refractivity contribution in [2.45, 2.75) is 46.6 Å². The molecule has 0 saturated heterocycles. The van der Waals surface area contributed by atoms with Crippen molar-refractivity contribution in [3.05, 3.63) is 58.9 Å². The summed E-state index contributed by atoms with van der Waals surface area (Å²) >= 11 is 0. The maximum atomic E-state index is 12.5. The lowest BCUT2D eigenvalue weighted by Crippen LogP contribution is -2.28. The van der Waals surface area contributed by atoms with Crippen LogP contribution in [0.3, 0.4) is 0 Å². The van der Waals surface area contributed by atoms with Crippen LogP contribution in [0.5, 0.6) is 0 Å². The van der Waals surface area contributed by atoms with Gasteiger partial charge in [-0.25, -0.2) is 0 Å². The molecule has 0 aliphatic rings. The average Bonchev–Trinajstić information content (AvgIpc) is 2.80. The zero-order valence-electron chi connectivity index (χ0n) is 14.2. The first-order valence-corrected chi connectivity index (χ1v) is 7.93. The summed E-state index contributed by atoms with van der Waals surface area (Å²) in [6.07, 6.45) is 0. The summed E-state index contributed by atoms with van der Waals surface area (Å²) < 4.78 is 2.20. The molecule has 0 aliphatic heterocycles. The molecule has 1 aromatic carbocycles. The fourth-order valence-corrected chi connectivity index (χ4v) is 3.04. The Morgan fingerprint density at radius 2 is 1.77 bits per heavy atom. The lowest BCUT2D eigenvalue weighted by molar-refractivity contribution is 0.0951. The highest BCUT2D eigenvalue weighted by Gasteiger charge is 2.17. The number of aryl methyl sites for hydroxylation is 1. The van der Waals surface area contributed by atoms with Crippen LogP contribution in [0.2, 0.25) is 0 Å². The maximum Gasteiger partial charge on any atom is 0.253 e. The van der Waals surface area contributed by atoms with Crippen LogP contribution < -0.4 is 5.32 Å². The number of carbonyl (C=O) groups excluding carboxylic acids is 1. The minimum atomic E-state index is 0.0165. The van der Waals surface area contributed by atoms with Crippen LogP contribution >= 0.6 is 0 Å². The van der Waals surface area contributed by atoms with Crippen LogP contribution in [-0.4, -0.2) is 17.0 Å². The molecule has 1 heterocycles. The van der Waals surface area contributed by atoms with E-state index in [1.165, 1.54) is 5.56 Å². The van der Waals surface area contributed by atoms with E-state index in [0.717, 1.165) is 17.0 Å². The molecule has 0 bridgehead atoms. The summed E-state index contributed by atoms with van der Waals surface area (Å²) in [5, 5.41) is 3.07. The third kappa shape index (κ3) is 3.41. The Hall–Kier alpha value is -2.03. The van der Waals surface area contributed by atoms with Crippen molar-refractivity contribution in [1.29, 1.82) is 0 Å². The molecule has 0 radical (unpaired) electrons. The molecule has 1 N–H and O–H groups in total. The molecule has 3 nitrogen and oxygen atoms in total. The van der Waals surface area contributed by atoms with Gasteiger partial charge in [-0.15, -0.1) is 0 Å². The van der Waals surface area contributed by atoms with Crippen LogP contribution in [0.4, 0.5) is 0 Å². The van der Waals surface area contributed by atoms with E-state index in [-0.39, 0.29) is 5.91 Å². The number of hydrogen-bond donors (Lipinski definition) is 1. The molecule has 1 amide bonds. The summed E-state index contributed by atoms with van der Waals surface area (Å²) in [4.78, 5) is 12.5. The molecule has 118 valence electrons. The predicted molar refractivity (Wildman–Crippen MR) is 91.5 cm³/mol. The Bertz CT molecular complexity index is 641. The van der Waals surface area contributed by atoms with Gasteiger partial charge in [0.05, 0.1) is 5.56 Å². The van der Waals surface area contributed by atoms with E-state index < -0.39 is 0 Å². The van der Waals surface area contributed by atoms with Crippen molar-refractivity contribution in [2.75, 3.05) is 6.54 Å². The van der Waals surface area contributed by atoms with Gasteiger partial charge in [-0.3, -0.25) is 4.79 Å². The second-order valence-corrected chi connectivity index (χ2v) is 6.27. The van der Waals surface area contributed by atoms with Gasteiger partial charge in [0, 0.05) is 24.0 Å². The van der Waals surface area contributed by atoms with Crippen LogP contribution in [-0.2, 0) is 0 Å². The van der Waals surface area contributed by atoms with Crippen molar-refractivity contribution in [3.63, 3.8) is 0 Å². The molecule has 0 aliphatic carbocycles. The number of aromatic nitrogens is 1. The number of hydrogen-bond acceptors (Lipinski definition) is 1. The fourth-order valence-electron chi connectivity index (χ4n) is 3.04. The van der Waals surface area contributed by atoms with Gasteiger partial charge in [0.2, 0.25) is 0 Å². The van der Waals surface area contributed by atoms with Crippen LogP contribution in [0, 0.1) is 13.8 Å². The highest BCUT2D eigenvalue weighted by Crippen LogP contribution is 2.20. The summed E-state index contributed by atoms with van der Waals surface area (Å²) in [6, 6.07) is 12.6. The van der Waals surface area contributed by atoms with Gasteiger partial charge in [0.25, 0.3) is 5.91 Å². The van der Waals surface area contributed by atoms with Crippen molar-refractivity contribution in [3.8, 4) is 0 Å². The third-order valence-electron chi connectivity index (χ3n) is 4.18. The molecule has 22 heavy (non-hydrogen) atoms. The molecule has 1 unspecified atom stereocenters. The molecule has 2 rings (SSSR count). The molecule has 0 saturated carbocycles. The van der Waals surface area contributed by atoms with Gasteiger partial charge < -0.3 is 9.88 Å². The van der Waals surface area contributed by atoms with Crippen molar-refractivity contribution in [1.82, 2.24) is 9.88 Å².